The maximum Gasteiger partial charge on any atom is 0.307 e. The first kappa shape index (κ1) is 17.2. The van der Waals surface area contributed by atoms with Crippen molar-refractivity contribution >= 4 is 11.9 Å². The van der Waals surface area contributed by atoms with Crippen LogP contribution in [-0.4, -0.2) is 43.8 Å². The fourth-order valence-corrected chi connectivity index (χ4v) is 3.48. The summed E-state index contributed by atoms with van der Waals surface area (Å²) in [5, 5.41) is 3.03. The number of carbonyl (C=O) groups excluding carboxylic acids is 2. The molecule has 6 nitrogen and oxygen atoms in total. The quantitative estimate of drug-likeness (QED) is 0.717. The van der Waals surface area contributed by atoms with Gasteiger partial charge in [-0.1, -0.05) is 19.3 Å². The van der Waals surface area contributed by atoms with Crippen LogP contribution < -0.4 is 11.1 Å². The summed E-state index contributed by atoms with van der Waals surface area (Å²) < 4.78 is 10.4. The van der Waals surface area contributed by atoms with E-state index in [1.807, 2.05) is 0 Å². The molecule has 0 aromatic carbocycles. The fourth-order valence-electron chi connectivity index (χ4n) is 3.48. The van der Waals surface area contributed by atoms with Crippen LogP contribution in [0.15, 0.2) is 0 Å². The maximum atomic E-state index is 12.4. The Morgan fingerprint density at radius 2 is 1.95 bits per heavy atom. The van der Waals surface area contributed by atoms with Crippen molar-refractivity contribution in [3.63, 3.8) is 0 Å². The monoisotopic (exact) mass is 312 g/mol. The van der Waals surface area contributed by atoms with E-state index in [2.05, 4.69) is 5.32 Å². The molecule has 1 aliphatic heterocycles. The average molecular weight is 312 g/mol. The molecule has 0 radical (unpaired) electrons. The summed E-state index contributed by atoms with van der Waals surface area (Å²) in [5.41, 5.74) is 5.58. The normalized spacial score (nSPS) is 27.4. The van der Waals surface area contributed by atoms with Crippen LogP contribution in [0.2, 0.25) is 0 Å². The molecule has 1 saturated heterocycles. The zero-order valence-electron chi connectivity index (χ0n) is 13.4. The van der Waals surface area contributed by atoms with E-state index in [1.165, 1.54) is 13.5 Å². The lowest BCUT2D eigenvalue weighted by Crippen LogP contribution is -2.46. The van der Waals surface area contributed by atoms with Gasteiger partial charge in [-0.15, -0.1) is 0 Å². The molecule has 3 atom stereocenters. The molecule has 1 amide bonds. The summed E-state index contributed by atoms with van der Waals surface area (Å²) in [6, 6.07) is -0.152. The Morgan fingerprint density at radius 3 is 2.55 bits per heavy atom. The molecule has 1 unspecified atom stereocenters. The second kappa shape index (κ2) is 8.48. The van der Waals surface area contributed by atoms with E-state index in [1.54, 1.807) is 0 Å². The van der Waals surface area contributed by atoms with E-state index in [0.717, 1.165) is 32.1 Å². The Hall–Kier alpha value is -1.14. The molecule has 0 bridgehead atoms. The van der Waals surface area contributed by atoms with Crippen molar-refractivity contribution in [1.82, 2.24) is 5.32 Å². The van der Waals surface area contributed by atoms with Crippen molar-refractivity contribution in [3.8, 4) is 0 Å². The van der Waals surface area contributed by atoms with Gasteiger partial charge < -0.3 is 20.5 Å². The third-order valence-corrected chi connectivity index (χ3v) is 4.82. The van der Waals surface area contributed by atoms with Gasteiger partial charge in [0, 0.05) is 12.6 Å². The Bertz CT molecular complexity index is 382. The molecule has 126 valence electrons. The Kier molecular flexibility index (Phi) is 6.64. The SMILES string of the molecule is COC(=O)CC(NC(=O)[C@@H]1CC[C@H](CN)O1)C1CCCCC1. The molecule has 1 aliphatic carbocycles. The summed E-state index contributed by atoms with van der Waals surface area (Å²) in [4.78, 5) is 24.0. The number of hydrogen-bond acceptors (Lipinski definition) is 5. The van der Waals surface area contributed by atoms with E-state index >= 15 is 0 Å². The molecule has 3 N–H and O–H groups in total. The predicted molar refractivity (Wildman–Crippen MR) is 82.1 cm³/mol. The van der Waals surface area contributed by atoms with Crippen molar-refractivity contribution < 1.29 is 19.1 Å². The Balaban J connectivity index is 1.92. The smallest absolute Gasteiger partial charge is 0.307 e. The molecule has 0 spiro atoms. The molecule has 0 aromatic rings. The third kappa shape index (κ3) is 4.68. The summed E-state index contributed by atoms with van der Waals surface area (Å²) in [6.07, 6.45) is 6.96. The second-order valence-electron chi connectivity index (χ2n) is 6.35. The largest absolute Gasteiger partial charge is 0.469 e. The predicted octanol–water partition coefficient (Wildman–Crippen LogP) is 1.12. The van der Waals surface area contributed by atoms with Gasteiger partial charge >= 0.3 is 5.97 Å². The standard InChI is InChI=1S/C16H28N2O4/c1-21-15(19)9-13(11-5-3-2-4-6-11)18-16(20)14-8-7-12(10-17)22-14/h11-14H,2-10,17H2,1H3,(H,18,20)/t12-,13?,14+/m1/s1. The minimum absolute atomic E-state index is 0.0236. The summed E-state index contributed by atoms with van der Waals surface area (Å²) in [6.45, 7) is 0.442. The highest BCUT2D eigenvalue weighted by atomic mass is 16.5. The number of hydrogen-bond donors (Lipinski definition) is 2. The molecular weight excluding hydrogens is 284 g/mol. The second-order valence-corrected chi connectivity index (χ2v) is 6.35. The van der Waals surface area contributed by atoms with E-state index in [4.69, 9.17) is 15.2 Å². The van der Waals surface area contributed by atoms with E-state index in [0.29, 0.717) is 18.9 Å². The van der Waals surface area contributed by atoms with Gasteiger partial charge in [0.15, 0.2) is 0 Å². The molecule has 2 aliphatic rings. The molecular formula is C16H28N2O4. The van der Waals surface area contributed by atoms with E-state index in [-0.39, 0.29) is 30.4 Å². The first-order valence-electron chi connectivity index (χ1n) is 8.36. The third-order valence-electron chi connectivity index (χ3n) is 4.82. The first-order chi connectivity index (χ1) is 10.6. The molecule has 0 aromatic heterocycles. The Morgan fingerprint density at radius 1 is 1.23 bits per heavy atom. The zero-order valence-corrected chi connectivity index (χ0v) is 13.4. The number of rotatable bonds is 6. The lowest BCUT2D eigenvalue weighted by molar-refractivity contribution is -0.142. The number of nitrogens with one attached hydrogen (secondary N) is 1. The first-order valence-corrected chi connectivity index (χ1v) is 8.36. The number of esters is 1. The molecule has 2 rings (SSSR count). The van der Waals surface area contributed by atoms with Gasteiger partial charge in [0.2, 0.25) is 5.91 Å². The highest BCUT2D eigenvalue weighted by Crippen LogP contribution is 2.28. The van der Waals surface area contributed by atoms with Crippen LogP contribution in [-0.2, 0) is 19.1 Å². The van der Waals surface area contributed by atoms with Crippen LogP contribution in [0, 0.1) is 5.92 Å². The highest BCUT2D eigenvalue weighted by Gasteiger charge is 2.33. The molecule has 2 fully saturated rings. The number of methoxy groups -OCH3 is 1. The fraction of sp³-hybridized carbons (Fsp3) is 0.875. The lowest BCUT2D eigenvalue weighted by Gasteiger charge is -2.31. The minimum atomic E-state index is -0.433. The van der Waals surface area contributed by atoms with Crippen molar-refractivity contribution in [2.75, 3.05) is 13.7 Å². The van der Waals surface area contributed by atoms with Gasteiger partial charge in [-0.05, 0) is 31.6 Å². The van der Waals surface area contributed by atoms with Gasteiger partial charge in [-0.3, -0.25) is 9.59 Å². The highest BCUT2D eigenvalue weighted by molar-refractivity contribution is 5.82. The van der Waals surface area contributed by atoms with Crippen LogP contribution in [0.4, 0.5) is 0 Å². The van der Waals surface area contributed by atoms with Crippen molar-refractivity contribution in [2.24, 2.45) is 11.7 Å². The topological polar surface area (TPSA) is 90.7 Å². The van der Waals surface area contributed by atoms with Crippen LogP contribution in [0.3, 0.4) is 0 Å². The minimum Gasteiger partial charge on any atom is -0.469 e. The van der Waals surface area contributed by atoms with Crippen LogP contribution >= 0.6 is 0 Å². The average Bonchev–Trinajstić information content (AvgIpc) is 3.04. The molecule has 1 saturated carbocycles. The Labute approximate surface area is 132 Å². The molecule has 22 heavy (non-hydrogen) atoms. The maximum absolute atomic E-state index is 12.4. The zero-order chi connectivity index (χ0) is 15.9. The summed E-state index contributed by atoms with van der Waals surface area (Å²) in [5.74, 6) is -0.0398. The van der Waals surface area contributed by atoms with E-state index in [9.17, 15) is 9.59 Å². The van der Waals surface area contributed by atoms with Crippen molar-refractivity contribution in [1.29, 1.82) is 0 Å². The van der Waals surface area contributed by atoms with E-state index < -0.39 is 6.10 Å². The number of carbonyl (C=O) groups is 2. The van der Waals surface area contributed by atoms with Crippen LogP contribution in [0.1, 0.15) is 51.4 Å². The van der Waals surface area contributed by atoms with Gasteiger partial charge in [-0.2, -0.15) is 0 Å². The van der Waals surface area contributed by atoms with Crippen molar-refractivity contribution in [3.05, 3.63) is 0 Å². The molecule has 1 heterocycles. The van der Waals surface area contributed by atoms with Crippen molar-refractivity contribution in [2.45, 2.75) is 69.6 Å². The van der Waals surface area contributed by atoms with Gasteiger partial charge in [0.1, 0.15) is 6.10 Å². The number of amides is 1. The van der Waals surface area contributed by atoms with Gasteiger partial charge in [0.25, 0.3) is 0 Å². The number of ether oxygens (including phenoxy) is 2. The van der Waals surface area contributed by atoms with Crippen LogP contribution in [0.25, 0.3) is 0 Å². The van der Waals surface area contributed by atoms with Gasteiger partial charge in [0.05, 0.1) is 19.6 Å². The lowest BCUT2D eigenvalue weighted by atomic mass is 9.82. The number of nitrogens with two attached hydrogens (primary N) is 1. The summed E-state index contributed by atoms with van der Waals surface area (Å²) >= 11 is 0. The summed E-state index contributed by atoms with van der Waals surface area (Å²) in [7, 11) is 1.38. The van der Waals surface area contributed by atoms with Crippen LogP contribution in [0.5, 0.6) is 0 Å². The molecule has 6 heteroatoms. The van der Waals surface area contributed by atoms with Gasteiger partial charge in [-0.25, -0.2) is 0 Å².